The molecule has 0 aromatic heterocycles. The quantitative estimate of drug-likeness (QED) is 0.321. The summed E-state index contributed by atoms with van der Waals surface area (Å²) in [6, 6.07) is 12.2. The fourth-order valence-electron chi connectivity index (χ4n) is 3.21. The van der Waals surface area contributed by atoms with Crippen LogP contribution < -0.4 is 4.74 Å². The molecular weight excluding hydrogens is 372 g/mol. The lowest BCUT2D eigenvalue weighted by atomic mass is 9.88. The first-order valence-corrected chi connectivity index (χ1v) is 8.93. The fraction of sp³-hybridized carbons (Fsp3) is 0.130. The molecule has 29 heavy (non-hydrogen) atoms. The van der Waals surface area contributed by atoms with Crippen molar-refractivity contribution in [2.75, 3.05) is 7.11 Å². The number of hydrogen-bond donors (Lipinski definition) is 5. The number of ether oxygens (including phenoxy) is 1. The lowest BCUT2D eigenvalue weighted by molar-refractivity contribution is 0.372. The van der Waals surface area contributed by atoms with Gasteiger partial charge in [0.2, 0.25) is 0 Å². The van der Waals surface area contributed by atoms with E-state index in [0.717, 1.165) is 5.56 Å². The van der Waals surface area contributed by atoms with Gasteiger partial charge in [0.1, 0.15) is 11.5 Å². The molecule has 3 aromatic rings. The number of phenols is 5. The van der Waals surface area contributed by atoms with Crippen LogP contribution in [0.2, 0.25) is 0 Å². The summed E-state index contributed by atoms with van der Waals surface area (Å²) < 4.78 is 5.17. The first-order chi connectivity index (χ1) is 13.8. The molecule has 0 saturated carbocycles. The Morgan fingerprint density at radius 3 is 2.17 bits per heavy atom. The molecule has 0 aliphatic heterocycles. The monoisotopic (exact) mass is 394 g/mol. The molecule has 5 N–H and O–H groups in total. The van der Waals surface area contributed by atoms with Gasteiger partial charge in [0.05, 0.1) is 7.11 Å². The van der Waals surface area contributed by atoms with Gasteiger partial charge in [-0.15, -0.1) is 0 Å². The molecule has 6 heteroatoms. The van der Waals surface area contributed by atoms with Gasteiger partial charge in [-0.2, -0.15) is 0 Å². The number of hydrogen-bond acceptors (Lipinski definition) is 6. The second kappa shape index (κ2) is 8.06. The van der Waals surface area contributed by atoms with E-state index in [2.05, 4.69) is 0 Å². The Labute approximate surface area is 168 Å². The molecule has 1 atom stereocenters. The topological polar surface area (TPSA) is 110 Å². The summed E-state index contributed by atoms with van der Waals surface area (Å²) in [4.78, 5) is 0. The molecule has 3 rings (SSSR count). The number of rotatable bonds is 5. The van der Waals surface area contributed by atoms with Crippen LogP contribution in [-0.2, 0) is 0 Å². The molecular formula is C23H22O6. The van der Waals surface area contributed by atoms with Gasteiger partial charge in [-0.3, -0.25) is 0 Å². The maximum atomic E-state index is 10.5. The summed E-state index contributed by atoms with van der Waals surface area (Å²) in [7, 11) is 1.46. The van der Waals surface area contributed by atoms with E-state index >= 15 is 0 Å². The average Bonchev–Trinajstić information content (AvgIpc) is 2.68. The van der Waals surface area contributed by atoms with Crippen LogP contribution in [-0.4, -0.2) is 32.6 Å². The van der Waals surface area contributed by atoms with Gasteiger partial charge in [0, 0.05) is 17.5 Å². The third-order valence-corrected chi connectivity index (χ3v) is 4.77. The van der Waals surface area contributed by atoms with Gasteiger partial charge in [-0.05, 0) is 47.0 Å². The van der Waals surface area contributed by atoms with Crippen molar-refractivity contribution in [3.63, 3.8) is 0 Å². The molecule has 6 nitrogen and oxygen atoms in total. The highest BCUT2D eigenvalue weighted by atomic mass is 16.5. The van der Waals surface area contributed by atoms with E-state index in [1.807, 2.05) is 6.92 Å². The Morgan fingerprint density at radius 2 is 1.48 bits per heavy atom. The van der Waals surface area contributed by atoms with E-state index in [9.17, 15) is 25.5 Å². The van der Waals surface area contributed by atoms with E-state index in [4.69, 9.17) is 4.74 Å². The Hall–Kier alpha value is -3.80. The highest BCUT2D eigenvalue weighted by molar-refractivity contribution is 5.75. The van der Waals surface area contributed by atoms with Gasteiger partial charge in [0.15, 0.2) is 23.0 Å². The molecule has 0 radical (unpaired) electrons. The van der Waals surface area contributed by atoms with Crippen molar-refractivity contribution < 1.29 is 30.3 Å². The van der Waals surface area contributed by atoms with Crippen LogP contribution >= 0.6 is 0 Å². The van der Waals surface area contributed by atoms with E-state index in [0.29, 0.717) is 22.4 Å². The Balaban J connectivity index is 2.05. The van der Waals surface area contributed by atoms with Crippen LogP contribution in [0.15, 0.2) is 48.5 Å². The first kappa shape index (κ1) is 19.9. The average molecular weight is 394 g/mol. The maximum absolute atomic E-state index is 10.5. The van der Waals surface area contributed by atoms with Crippen molar-refractivity contribution in [2.24, 2.45) is 0 Å². The van der Waals surface area contributed by atoms with Crippen LogP contribution in [0.4, 0.5) is 0 Å². The summed E-state index contributed by atoms with van der Waals surface area (Å²) in [6.45, 7) is 1.89. The predicted molar refractivity (Wildman–Crippen MR) is 111 cm³/mol. The van der Waals surface area contributed by atoms with E-state index in [-0.39, 0.29) is 34.7 Å². The smallest absolute Gasteiger partial charge is 0.160 e. The molecule has 0 aliphatic carbocycles. The lowest BCUT2D eigenvalue weighted by Gasteiger charge is -2.18. The highest BCUT2D eigenvalue weighted by Gasteiger charge is 2.19. The zero-order valence-electron chi connectivity index (χ0n) is 16.0. The fourth-order valence-corrected chi connectivity index (χ4v) is 3.21. The molecule has 0 bridgehead atoms. The third kappa shape index (κ3) is 4.21. The minimum Gasteiger partial charge on any atom is -0.508 e. The first-order valence-electron chi connectivity index (χ1n) is 8.93. The lowest BCUT2D eigenvalue weighted by Crippen LogP contribution is -2.00. The van der Waals surface area contributed by atoms with E-state index in [1.165, 1.54) is 37.4 Å². The SMILES string of the molecule is COc1cc(C(C)c2c(O)cc(O)cc2C=Cc2ccc(O)c(O)c2)ccc1O. The minimum absolute atomic E-state index is 0.0191. The van der Waals surface area contributed by atoms with Gasteiger partial charge < -0.3 is 30.3 Å². The van der Waals surface area contributed by atoms with Crippen LogP contribution in [0.1, 0.15) is 35.1 Å². The molecule has 1 unspecified atom stereocenters. The molecule has 0 aliphatic rings. The summed E-state index contributed by atoms with van der Waals surface area (Å²) in [5.41, 5.74) is 2.59. The standard InChI is InChI=1S/C23H22O6/c1-13(15-6-8-19(26)22(11-15)29-2)23-16(10-17(24)12-21(23)28)5-3-14-4-7-18(25)20(27)9-14/h3-13,24-28H,1-2H3. The largest absolute Gasteiger partial charge is 0.508 e. The Morgan fingerprint density at radius 1 is 0.759 bits per heavy atom. The Bertz CT molecular complexity index is 1070. The summed E-state index contributed by atoms with van der Waals surface area (Å²) in [6.07, 6.45) is 3.40. The molecule has 0 heterocycles. The van der Waals surface area contributed by atoms with Crippen molar-refractivity contribution >= 4 is 12.2 Å². The van der Waals surface area contributed by atoms with Crippen molar-refractivity contribution in [1.82, 2.24) is 0 Å². The van der Waals surface area contributed by atoms with E-state index in [1.54, 1.807) is 30.4 Å². The molecule has 150 valence electrons. The van der Waals surface area contributed by atoms with Gasteiger partial charge in [0.25, 0.3) is 0 Å². The summed E-state index contributed by atoms with van der Waals surface area (Å²) >= 11 is 0. The maximum Gasteiger partial charge on any atom is 0.160 e. The van der Waals surface area contributed by atoms with Crippen molar-refractivity contribution in [1.29, 1.82) is 0 Å². The second-order valence-electron chi connectivity index (χ2n) is 6.70. The van der Waals surface area contributed by atoms with Crippen LogP contribution in [0.3, 0.4) is 0 Å². The molecule has 0 spiro atoms. The predicted octanol–water partition coefficient (Wildman–Crippen LogP) is 4.55. The highest BCUT2D eigenvalue weighted by Crippen LogP contribution is 2.39. The van der Waals surface area contributed by atoms with Crippen molar-refractivity contribution in [3.05, 3.63) is 70.8 Å². The van der Waals surface area contributed by atoms with Gasteiger partial charge >= 0.3 is 0 Å². The Kier molecular flexibility index (Phi) is 5.54. The number of benzene rings is 3. The summed E-state index contributed by atoms with van der Waals surface area (Å²) in [5.74, 6) is -0.552. The number of aromatic hydroxyl groups is 5. The minimum atomic E-state index is -0.280. The zero-order chi connectivity index (χ0) is 21.1. The van der Waals surface area contributed by atoms with Crippen LogP contribution in [0, 0.1) is 0 Å². The molecule has 3 aromatic carbocycles. The van der Waals surface area contributed by atoms with Gasteiger partial charge in [-0.1, -0.05) is 31.2 Å². The van der Waals surface area contributed by atoms with Crippen molar-refractivity contribution in [2.45, 2.75) is 12.8 Å². The normalized spacial score (nSPS) is 12.2. The number of phenolic OH excluding ortho intramolecular Hbond substituents is 5. The number of methoxy groups -OCH3 is 1. The molecule has 0 amide bonds. The molecule has 0 saturated heterocycles. The second-order valence-corrected chi connectivity index (χ2v) is 6.70. The summed E-state index contributed by atoms with van der Waals surface area (Å²) in [5, 5.41) is 49.4. The zero-order valence-corrected chi connectivity index (χ0v) is 16.0. The van der Waals surface area contributed by atoms with Crippen molar-refractivity contribution in [3.8, 4) is 34.5 Å². The van der Waals surface area contributed by atoms with E-state index < -0.39 is 0 Å². The third-order valence-electron chi connectivity index (χ3n) is 4.77. The molecule has 0 fully saturated rings. The van der Waals surface area contributed by atoms with Crippen LogP contribution in [0.5, 0.6) is 34.5 Å². The van der Waals surface area contributed by atoms with Crippen LogP contribution in [0.25, 0.3) is 12.2 Å². The van der Waals surface area contributed by atoms with Gasteiger partial charge in [-0.25, -0.2) is 0 Å².